The first kappa shape index (κ1) is 22.3. The summed E-state index contributed by atoms with van der Waals surface area (Å²) >= 11 is 0. The lowest BCUT2D eigenvalue weighted by Gasteiger charge is -2.37. The van der Waals surface area contributed by atoms with Gasteiger partial charge in [0, 0.05) is 30.4 Å². The highest BCUT2D eigenvalue weighted by Crippen LogP contribution is 2.35. The average Bonchev–Trinajstić information content (AvgIpc) is 2.67. The molecule has 30 heavy (non-hydrogen) atoms. The van der Waals surface area contributed by atoms with Crippen molar-refractivity contribution in [2.45, 2.75) is 44.6 Å². The van der Waals surface area contributed by atoms with Crippen LogP contribution in [0, 0.1) is 12.7 Å². The molecule has 0 spiro atoms. The molecule has 1 fully saturated rings. The maximum Gasteiger partial charge on any atom is 0.419 e. The van der Waals surface area contributed by atoms with Gasteiger partial charge in [-0.05, 0) is 60.5 Å². The summed E-state index contributed by atoms with van der Waals surface area (Å²) < 4.78 is 57.9. The number of fused-ring (bicyclic) bond motifs is 1. The first-order valence-corrected chi connectivity index (χ1v) is 9.42. The summed E-state index contributed by atoms with van der Waals surface area (Å²) in [5, 5.41) is 5.63. The van der Waals surface area contributed by atoms with E-state index in [-0.39, 0.29) is 30.3 Å². The number of pyridine rings is 1. The maximum absolute atomic E-state index is 13.5. The molecule has 2 aromatic carbocycles. The van der Waals surface area contributed by atoms with E-state index in [0.29, 0.717) is 6.54 Å². The van der Waals surface area contributed by atoms with Crippen LogP contribution in [0.25, 0.3) is 10.8 Å². The van der Waals surface area contributed by atoms with E-state index in [4.69, 9.17) is 4.74 Å². The van der Waals surface area contributed by atoms with Crippen molar-refractivity contribution in [1.82, 2.24) is 10.3 Å². The first-order valence-electron chi connectivity index (χ1n) is 9.42. The Kier molecular flexibility index (Phi) is 6.53. The Morgan fingerprint density at radius 3 is 2.63 bits per heavy atom. The number of hydrogen-bond donors (Lipinski definition) is 1. The summed E-state index contributed by atoms with van der Waals surface area (Å²) in [6, 6.07) is 8.84. The quantitative estimate of drug-likeness (QED) is 0.507. The highest BCUT2D eigenvalue weighted by molar-refractivity contribution is 5.86. The minimum Gasteiger partial charge on any atom is -0.489 e. The Labute approximate surface area is 177 Å². The normalized spacial score (nSPS) is 18.6. The van der Waals surface area contributed by atoms with E-state index in [1.54, 1.807) is 6.20 Å². The van der Waals surface area contributed by atoms with Crippen molar-refractivity contribution < 1.29 is 22.3 Å². The fraction of sp³-hybridized carbons (Fsp3) is 0.318. The van der Waals surface area contributed by atoms with Gasteiger partial charge in [0.25, 0.3) is 0 Å². The molecule has 1 aliphatic rings. The smallest absolute Gasteiger partial charge is 0.419 e. The molecule has 0 amide bonds. The molecule has 8 heteroatoms. The van der Waals surface area contributed by atoms with Crippen LogP contribution in [0.5, 0.6) is 5.75 Å². The fourth-order valence-corrected chi connectivity index (χ4v) is 3.62. The molecule has 0 radical (unpaired) electrons. The predicted molar refractivity (Wildman–Crippen MR) is 109 cm³/mol. The molecule has 0 unspecified atom stereocenters. The van der Waals surface area contributed by atoms with E-state index in [1.165, 1.54) is 6.07 Å². The van der Waals surface area contributed by atoms with Gasteiger partial charge >= 0.3 is 6.18 Å². The summed E-state index contributed by atoms with van der Waals surface area (Å²) in [6.07, 6.45) is 0.172. The van der Waals surface area contributed by atoms with Crippen LogP contribution >= 0.6 is 12.4 Å². The van der Waals surface area contributed by atoms with E-state index in [2.05, 4.69) is 10.3 Å². The number of nitrogens with one attached hydrogen (secondary N) is 1. The molecule has 2 atom stereocenters. The molecule has 3 nitrogen and oxygen atoms in total. The molecular weight excluding hydrogens is 420 g/mol. The van der Waals surface area contributed by atoms with Crippen LogP contribution in [0.15, 0.2) is 48.8 Å². The number of nitrogens with zero attached hydrogens (tertiary/aromatic N) is 1. The molecule has 0 aliphatic heterocycles. The van der Waals surface area contributed by atoms with Crippen LogP contribution in [-0.2, 0) is 12.7 Å². The van der Waals surface area contributed by atoms with Crippen molar-refractivity contribution in [3.05, 3.63) is 71.3 Å². The lowest BCUT2D eigenvalue weighted by atomic mass is 9.88. The van der Waals surface area contributed by atoms with Gasteiger partial charge in [0.15, 0.2) is 0 Å². The van der Waals surface area contributed by atoms with Crippen molar-refractivity contribution in [1.29, 1.82) is 0 Å². The fourth-order valence-electron chi connectivity index (χ4n) is 3.62. The molecular formula is C22H21ClF4N2O. The second-order valence-corrected chi connectivity index (χ2v) is 7.32. The molecule has 1 saturated carbocycles. The Bertz CT molecular complexity index is 1040. The van der Waals surface area contributed by atoms with Gasteiger partial charge in [-0.25, -0.2) is 4.39 Å². The van der Waals surface area contributed by atoms with Gasteiger partial charge in [0.1, 0.15) is 17.7 Å². The molecule has 4 rings (SSSR count). The lowest BCUT2D eigenvalue weighted by Crippen LogP contribution is -2.50. The third kappa shape index (κ3) is 4.52. The minimum atomic E-state index is -4.75. The third-order valence-electron chi connectivity index (χ3n) is 5.45. The van der Waals surface area contributed by atoms with Gasteiger partial charge in [-0.15, -0.1) is 12.4 Å². The highest BCUT2D eigenvalue weighted by Gasteiger charge is 2.36. The topological polar surface area (TPSA) is 34.2 Å². The Balaban J connectivity index is 0.00000256. The summed E-state index contributed by atoms with van der Waals surface area (Å²) in [5.74, 6) is -1.27. The maximum atomic E-state index is 13.5. The number of alkyl halides is 3. The van der Waals surface area contributed by atoms with Crippen LogP contribution in [0.1, 0.15) is 29.5 Å². The lowest BCUT2D eigenvalue weighted by molar-refractivity contribution is -0.140. The molecule has 1 aromatic heterocycles. The SMILES string of the molecule is Cc1ccc2cnccc2c1CN[C@@H]1CC[C@H]1Oc1ccc(F)c(C(F)(F)F)c1.Cl. The Morgan fingerprint density at radius 2 is 1.93 bits per heavy atom. The largest absolute Gasteiger partial charge is 0.489 e. The zero-order valence-corrected chi connectivity index (χ0v) is 17.0. The number of halogens is 5. The van der Waals surface area contributed by atoms with E-state index in [9.17, 15) is 17.6 Å². The van der Waals surface area contributed by atoms with Gasteiger partial charge in [0.05, 0.1) is 5.56 Å². The molecule has 3 aromatic rings. The van der Waals surface area contributed by atoms with E-state index in [1.807, 2.05) is 31.3 Å². The predicted octanol–water partition coefficient (Wildman–Crippen LogP) is 5.82. The van der Waals surface area contributed by atoms with E-state index >= 15 is 0 Å². The molecule has 0 bridgehead atoms. The van der Waals surface area contributed by atoms with Crippen molar-refractivity contribution in [3.8, 4) is 5.75 Å². The number of hydrogen-bond acceptors (Lipinski definition) is 3. The van der Waals surface area contributed by atoms with Gasteiger partial charge in [-0.1, -0.05) is 12.1 Å². The third-order valence-corrected chi connectivity index (χ3v) is 5.45. The van der Waals surface area contributed by atoms with Crippen LogP contribution in [0.3, 0.4) is 0 Å². The van der Waals surface area contributed by atoms with Gasteiger partial charge in [-0.2, -0.15) is 13.2 Å². The van der Waals surface area contributed by atoms with Crippen molar-refractivity contribution in [2.24, 2.45) is 0 Å². The van der Waals surface area contributed by atoms with Crippen LogP contribution in [-0.4, -0.2) is 17.1 Å². The summed E-state index contributed by atoms with van der Waals surface area (Å²) in [6.45, 7) is 2.66. The van der Waals surface area contributed by atoms with Crippen LogP contribution in [0.4, 0.5) is 17.6 Å². The van der Waals surface area contributed by atoms with Crippen LogP contribution in [0.2, 0.25) is 0 Å². The average molecular weight is 441 g/mol. The molecule has 0 saturated heterocycles. The molecule has 160 valence electrons. The molecule has 1 aliphatic carbocycles. The number of aromatic nitrogens is 1. The van der Waals surface area contributed by atoms with Gasteiger partial charge < -0.3 is 10.1 Å². The van der Waals surface area contributed by atoms with Gasteiger partial charge in [-0.3, -0.25) is 4.98 Å². The zero-order chi connectivity index (χ0) is 20.6. The second-order valence-electron chi connectivity index (χ2n) is 7.32. The second kappa shape index (κ2) is 8.78. The number of rotatable bonds is 5. The molecule has 1 N–H and O–H groups in total. The number of aryl methyl sites for hydroxylation is 1. The Morgan fingerprint density at radius 1 is 1.13 bits per heavy atom. The number of benzene rings is 2. The van der Waals surface area contributed by atoms with Gasteiger partial charge in [0.2, 0.25) is 0 Å². The monoisotopic (exact) mass is 440 g/mol. The van der Waals surface area contributed by atoms with Crippen molar-refractivity contribution >= 4 is 23.2 Å². The first-order chi connectivity index (χ1) is 13.8. The highest BCUT2D eigenvalue weighted by atomic mass is 35.5. The van der Waals surface area contributed by atoms with E-state index in [0.717, 1.165) is 46.9 Å². The summed E-state index contributed by atoms with van der Waals surface area (Å²) in [4.78, 5) is 4.15. The summed E-state index contributed by atoms with van der Waals surface area (Å²) in [7, 11) is 0. The summed E-state index contributed by atoms with van der Waals surface area (Å²) in [5.41, 5.74) is 1.01. The van der Waals surface area contributed by atoms with Crippen LogP contribution < -0.4 is 10.1 Å². The number of ether oxygens (including phenoxy) is 1. The van der Waals surface area contributed by atoms with E-state index < -0.39 is 17.6 Å². The molecule has 1 heterocycles. The zero-order valence-electron chi connectivity index (χ0n) is 16.2. The minimum absolute atomic E-state index is 0. The van der Waals surface area contributed by atoms with Crippen molar-refractivity contribution in [3.63, 3.8) is 0 Å². The van der Waals surface area contributed by atoms with Crippen molar-refractivity contribution in [2.75, 3.05) is 0 Å². The standard InChI is InChI=1S/C22H20F4N2O.ClH/c1-13-2-3-14-11-27-9-8-16(14)17(13)12-28-20-6-7-21(20)29-15-4-5-19(23)18(10-15)22(24,25)26;/h2-5,8-11,20-21,28H,6-7,12H2,1H3;1H/t20-,21-;/m1./s1. The Hall–Kier alpha value is -2.38.